The highest BCUT2D eigenvalue weighted by molar-refractivity contribution is 5.80. The smallest absolute Gasteiger partial charge is 0.407 e. The van der Waals surface area contributed by atoms with E-state index in [0.29, 0.717) is 38.3 Å². The van der Waals surface area contributed by atoms with E-state index in [2.05, 4.69) is 24.2 Å². The summed E-state index contributed by atoms with van der Waals surface area (Å²) < 4.78 is 11.1. The van der Waals surface area contributed by atoms with E-state index >= 15 is 0 Å². The lowest BCUT2D eigenvalue weighted by atomic mass is 9.95. The molecule has 0 aromatic heterocycles. The maximum Gasteiger partial charge on any atom is 0.407 e. The molecule has 0 rings (SSSR count). The number of Topliss-reactive ketones (excluding diaryl/α,β-unsaturated/α-hetero) is 1. The highest BCUT2D eigenvalue weighted by Gasteiger charge is 2.26. The molecule has 1 amide bonds. The summed E-state index contributed by atoms with van der Waals surface area (Å²) >= 11 is 0. The predicted molar refractivity (Wildman–Crippen MR) is 169 cm³/mol. The molecule has 0 aromatic rings. The number of nitrogens with one attached hydrogen (secondary N) is 1. The van der Waals surface area contributed by atoms with Crippen molar-refractivity contribution in [1.82, 2.24) is 5.32 Å². The van der Waals surface area contributed by atoms with E-state index in [1.54, 1.807) is 6.08 Å². The van der Waals surface area contributed by atoms with E-state index in [1.807, 2.05) is 13.8 Å². The van der Waals surface area contributed by atoms with E-state index in [9.17, 15) is 19.2 Å². The van der Waals surface area contributed by atoms with Crippen LogP contribution in [0.4, 0.5) is 4.79 Å². The van der Waals surface area contributed by atoms with Gasteiger partial charge in [-0.3, -0.25) is 9.59 Å². The van der Waals surface area contributed by atoms with Gasteiger partial charge in [0.1, 0.15) is 11.4 Å². The zero-order valence-corrected chi connectivity index (χ0v) is 27.4. The number of rotatable bonds is 29. The lowest BCUT2D eigenvalue weighted by molar-refractivity contribution is -0.143. The van der Waals surface area contributed by atoms with Crippen LogP contribution in [0.25, 0.3) is 0 Å². The minimum absolute atomic E-state index is 0.0946. The molecular formula is C34H62N2O6. The van der Waals surface area contributed by atoms with Crippen LogP contribution < -0.4 is 5.32 Å². The Hall–Kier alpha value is -2.21. The molecule has 2 atom stereocenters. The van der Waals surface area contributed by atoms with E-state index in [-0.39, 0.29) is 18.0 Å². The molecule has 0 aliphatic heterocycles. The van der Waals surface area contributed by atoms with Gasteiger partial charge in [-0.15, -0.1) is 0 Å². The first-order valence-corrected chi connectivity index (χ1v) is 17.0. The van der Waals surface area contributed by atoms with Gasteiger partial charge in [0.2, 0.25) is 6.08 Å². The van der Waals surface area contributed by atoms with Gasteiger partial charge in [-0.25, -0.2) is 14.6 Å². The number of amides is 1. The molecule has 0 radical (unpaired) electrons. The number of carbonyl (C=O) groups is 3. The summed E-state index contributed by atoms with van der Waals surface area (Å²) in [6, 6.07) is 0. The maximum absolute atomic E-state index is 12.2. The summed E-state index contributed by atoms with van der Waals surface area (Å²) in [5, 5.41) is 2.87. The van der Waals surface area contributed by atoms with Crippen molar-refractivity contribution in [2.75, 3.05) is 19.7 Å². The molecule has 0 heterocycles. The topological polar surface area (TPSA) is 111 Å². The van der Waals surface area contributed by atoms with E-state index in [0.717, 1.165) is 122 Å². The average molecular weight is 595 g/mol. The second-order valence-corrected chi connectivity index (χ2v) is 12.0. The molecule has 0 spiro atoms. The molecule has 0 aliphatic rings. The molecule has 0 aliphatic carbocycles. The number of aliphatic imine (C=N–C) groups is 1. The quantitative estimate of drug-likeness (QED) is 0.0401. The van der Waals surface area contributed by atoms with Gasteiger partial charge in [-0.2, -0.15) is 0 Å². The third-order valence-corrected chi connectivity index (χ3v) is 8.20. The number of ketones is 1. The Morgan fingerprint density at radius 1 is 0.786 bits per heavy atom. The van der Waals surface area contributed by atoms with Crippen LogP contribution in [0.15, 0.2) is 4.99 Å². The summed E-state index contributed by atoms with van der Waals surface area (Å²) in [4.78, 5) is 49.6. The van der Waals surface area contributed by atoms with E-state index in [4.69, 9.17) is 9.47 Å². The second-order valence-electron chi connectivity index (χ2n) is 12.0. The number of hydrogen-bond acceptors (Lipinski definition) is 7. The van der Waals surface area contributed by atoms with Crippen molar-refractivity contribution in [2.24, 2.45) is 10.9 Å². The Kier molecular flexibility index (Phi) is 26.2. The van der Waals surface area contributed by atoms with Crippen molar-refractivity contribution < 1.29 is 28.7 Å². The number of nitrogens with zero attached hydrogens (tertiary/aromatic N) is 1. The van der Waals surface area contributed by atoms with Gasteiger partial charge >= 0.3 is 12.1 Å². The molecule has 0 aromatic carbocycles. The number of isocyanates is 1. The fourth-order valence-corrected chi connectivity index (χ4v) is 4.78. The average Bonchev–Trinajstić information content (AvgIpc) is 2.98. The Morgan fingerprint density at radius 2 is 1.36 bits per heavy atom. The van der Waals surface area contributed by atoms with Crippen LogP contribution in [-0.2, 0) is 23.9 Å². The van der Waals surface area contributed by atoms with Crippen molar-refractivity contribution >= 4 is 23.9 Å². The standard InChI is InChI=1S/C34H62N2O6/c1-5-30(3)31(38)23-17-11-9-12-18-24-32(39)41-28-22-16-8-7-13-19-25-34(4,6-2)42-33(40)36-27-21-15-10-14-20-26-35-29-37/h30H,5-28H2,1-4H3,(H,36,40). The molecule has 244 valence electrons. The zero-order valence-electron chi connectivity index (χ0n) is 27.4. The minimum atomic E-state index is -0.441. The van der Waals surface area contributed by atoms with Crippen LogP contribution in [-0.4, -0.2) is 49.2 Å². The summed E-state index contributed by atoms with van der Waals surface area (Å²) in [5.74, 6) is 0.467. The first-order valence-electron chi connectivity index (χ1n) is 17.0. The summed E-state index contributed by atoms with van der Waals surface area (Å²) in [5.41, 5.74) is -0.441. The molecular weight excluding hydrogens is 532 g/mol. The Balaban J connectivity index is 3.66. The highest BCUT2D eigenvalue weighted by atomic mass is 16.6. The van der Waals surface area contributed by atoms with Gasteiger partial charge in [-0.05, 0) is 64.7 Å². The summed E-state index contributed by atoms with van der Waals surface area (Å²) in [7, 11) is 0. The van der Waals surface area contributed by atoms with E-state index < -0.39 is 5.60 Å². The van der Waals surface area contributed by atoms with Crippen LogP contribution >= 0.6 is 0 Å². The van der Waals surface area contributed by atoms with Gasteiger partial charge < -0.3 is 14.8 Å². The molecule has 8 heteroatoms. The zero-order chi connectivity index (χ0) is 31.3. The number of alkyl carbamates (subject to hydrolysis) is 1. The van der Waals surface area contributed by atoms with Crippen molar-refractivity contribution in [2.45, 2.75) is 168 Å². The van der Waals surface area contributed by atoms with E-state index in [1.165, 1.54) is 0 Å². The van der Waals surface area contributed by atoms with Gasteiger partial charge in [0, 0.05) is 25.3 Å². The predicted octanol–water partition coefficient (Wildman–Crippen LogP) is 8.79. The Bertz CT molecular complexity index is 752. The molecule has 0 fully saturated rings. The molecule has 42 heavy (non-hydrogen) atoms. The molecule has 0 bridgehead atoms. The van der Waals surface area contributed by atoms with Gasteiger partial charge in [-0.1, -0.05) is 85.0 Å². The largest absolute Gasteiger partial charge is 0.466 e. The monoisotopic (exact) mass is 594 g/mol. The van der Waals surface area contributed by atoms with Crippen LogP contribution in [0.3, 0.4) is 0 Å². The number of carbonyl (C=O) groups excluding carboxylic acids is 4. The normalized spacial score (nSPS) is 13.0. The summed E-state index contributed by atoms with van der Waals surface area (Å²) in [6.07, 6.45) is 21.2. The van der Waals surface area contributed by atoms with Gasteiger partial charge in [0.05, 0.1) is 13.2 Å². The SMILES string of the molecule is CCC(C)C(=O)CCCCCCCC(=O)OCCCCCCCCC(C)(CC)OC(=O)NCCCCCCCN=C=O. The highest BCUT2D eigenvalue weighted by Crippen LogP contribution is 2.24. The number of unbranched alkanes of at least 4 members (excludes halogenated alkanes) is 13. The molecule has 8 nitrogen and oxygen atoms in total. The maximum atomic E-state index is 12.2. The molecule has 2 unspecified atom stereocenters. The number of esters is 1. The first kappa shape index (κ1) is 39.8. The van der Waals surface area contributed by atoms with Crippen molar-refractivity contribution in [3.63, 3.8) is 0 Å². The molecule has 0 saturated carbocycles. The fourth-order valence-electron chi connectivity index (χ4n) is 4.78. The van der Waals surface area contributed by atoms with Crippen molar-refractivity contribution in [3.05, 3.63) is 0 Å². The third-order valence-electron chi connectivity index (χ3n) is 8.20. The van der Waals surface area contributed by atoms with Crippen molar-refractivity contribution in [3.8, 4) is 0 Å². The third kappa shape index (κ3) is 24.4. The lowest BCUT2D eigenvalue weighted by Crippen LogP contribution is -2.36. The molecule has 0 saturated heterocycles. The summed E-state index contributed by atoms with van der Waals surface area (Å²) in [6.45, 7) is 9.80. The van der Waals surface area contributed by atoms with Gasteiger partial charge in [0.15, 0.2) is 0 Å². The minimum Gasteiger partial charge on any atom is -0.466 e. The van der Waals surface area contributed by atoms with Crippen LogP contribution in [0.5, 0.6) is 0 Å². The Morgan fingerprint density at radius 3 is 2.00 bits per heavy atom. The fraction of sp³-hybridized carbons (Fsp3) is 0.882. The lowest BCUT2D eigenvalue weighted by Gasteiger charge is -2.28. The van der Waals surface area contributed by atoms with Crippen LogP contribution in [0.1, 0.15) is 163 Å². The Labute approximate surface area is 256 Å². The van der Waals surface area contributed by atoms with Gasteiger partial charge in [0.25, 0.3) is 0 Å². The van der Waals surface area contributed by atoms with Crippen LogP contribution in [0.2, 0.25) is 0 Å². The number of hydrogen-bond donors (Lipinski definition) is 1. The van der Waals surface area contributed by atoms with Crippen molar-refractivity contribution in [1.29, 1.82) is 0 Å². The molecule has 1 N–H and O–H groups in total. The van der Waals surface area contributed by atoms with Crippen LogP contribution in [0, 0.1) is 5.92 Å². The second kappa shape index (κ2) is 27.6. The first-order chi connectivity index (χ1) is 20.3. The number of ether oxygens (including phenoxy) is 2.